The Labute approximate surface area is 97.3 Å². The third-order valence-corrected chi connectivity index (χ3v) is 4.06. The minimum Gasteiger partial charge on any atom is -0.383 e. The van der Waals surface area contributed by atoms with E-state index in [9.17, 15) is 8.42 Å². The summed E-state index contributed by atoms with van der Waals surface area (Å²) in [7, 11) is -1.24. The Balaban J connectivity index is 3.40. The standard InChI is InChI=1S/C9H20ClNO3S/c1-3-15(12,13)7-6-11-5-4-9(10)8-14-2/h9,11H,3-8H2,1-2H3. The largest absolute Gasteiger partial charge is 0.383 e. The van der Waals surface area contributed by atoms with Crippen LogP contribution in [0.2, 0.25) is 0 Å². The number of hydrogen-bond acceptors (Lipinski definition) is 4. The van der Waals surface area contributed by atoms with E-state index in [0.717, 1.165) is 13.0 Å². The molecule has 4 nitrogen and oxygen atoms in total. The Morgan fingerprint density at radius 2 is 2.07 bits per heavy atom. The van der Waals surface area contributed by atoms with Gasteiger partial charge in [0.15, 0.2) is 9.84 Å². The molecule has 0 spiro atoms. The predicted molar refractivity (Wildman–Crippen MR) is 63.3 cm³/mol. The highest BCUT2D eigenvalue weighted by Crippen LogP contribution is 2.00. The Morgan fingerprint density at radius 3 is 2.60 bits per heavy atom. The second-order valence-electron chi connectivity index (χ2n) is 3.33. The molecule has 0 aromatic rings. The normalized spacial score (nSPS) is 14.1. The van der Waals surface area contributed by atoms with Crippen LogP contribution in [0.15, 0.2) is 0 Å². The molecular weight excluding hydrogens is 238 g/mol. The Bertz CT molecular complexity index is 244. The predicted octanol–water partition coefficient (Wildman–Crippen LogP) is 0.655. The van der Waals surface area contributed by atoms with Crippen molar-refractivity contribution in [1.29, 1.82) is 0 Å². The molecule has 0 aromatic carbocycles. The number of ether oxygens (including phenoxy) is 1. The van der Waals surface area contributed by atoms with Crippen molar-refractivity contribution in [3.8, 4) is 0 Å². The van der Waals surface area contributed by atoms with Crippen molar-refractivity contribution in [2.45, 2.75) is 18.7 Å². The van der Waals surface area contributed by atoms with Crippen LogP contribution in [0.25, 0.3) is 0 Å². The van der Waals surface area contributed by atoms with Crippen LogP contribution < -0.4 is 5.32 Å². The Kier molecular flexibility index (Phi) is 8.42. The molecule has 15 heavy (non-hydrogen) atoms. The van der Waals surface area contributed by atoms with Crippen LogP contribution in [-0.4, -0.2) is 52.1 Å². The first-order valence-corrected chi connectivity index (χ1v) is 7.31. The third-order valence-electron chi connectivity index (χ3n) is 2.01. The van der Waals surface area contributed by atoms with Crippen LogP contribution in [0.4, 0.5) is 0 Å². The summed E-state index contributed by atoms with van der Waals surface area (Å²) in [6.45, 7) is 3.39. The first-order chi connectivity index (χ1) is 7.02. The molecule has 0 radical (unpaired) electrons. The fourth-order valence-electron chi connectivity index (χ4n) is 1.02. The van der Waals surface area contributed by atoms with E-state index in [4.69, 9.17) is 16.3 Å². The summed E-state index contributed by atoms with van der Waals surface area (Å²) >= 11 is 5.89. The topological polar surface area (TPSA) is 55.4 Å². The molecule has 0 saturated heterocycles. The molecule has 0 aliphatic rings. The van der Waals surface area contributed by atoms with E-state index in [1.54, 1.807) is 14.0 Å². The second kappa shape index (κ2) is 8.33. The van der Waals surface area contributed by atoms with Gasteiger partial charge in [0.25, 0.3) is 0 Å². The number of nitrogens with one attached hydrogen (secondary N) is 1. The highest BCUT2D eigenvalue weighted by Gasteiger charge is 2.07. The quantitative estimate of drug-likeness (QED) is 0.487. The summed E-state index contributed by atoms with van der Waals surface area (Å²) in [5.74, 6) is 0.400. The maximum Gasteiger partial charge on any atom is 0.151 e. The second-order valence-corrected chi connectivity index (χ2v) is 6.42. The van der Waals surface area contributed by atoms with Gasteiger partial charge in [0.05, 0.1) is 17.7 Å². The smallest absolute Gasteiger partial charge is 0.151 e. The molecule has 0 aliphatic carbocycles. The lowest BCUT2D eigenvalue weighted by molar-refractivity contribution is 0.195. The molecule has 1 atom stereocenters. The van der Waals surface area contributed by atoms with Crippen molar-refractivity contribution in [3.63, 3.8) is 0 Å². The van der Waals surface area contributed by atoms with E-state index in [0.29, 0.717) is 13.2 Å². The van der Waals surface area contributed by atoms with Gasteiger partial charge in [-0.1, -0.05) is 6.92 Å². The zero-order valence-electron chi connectivity index (χ0n) is 9.33. The highest BCUT2D eigenvalue weighted by molar-refractivity contribution is 7.91. The number of alkyl halides is 1. The van der Waals surface area contributed by atoms with E-state index in [2.05, 4.69) is 5.32 Å². The molecule has 1 unspecified atom stereocenters. The molecular formula is C9H20ClNO3S. The maximum absolute atomic E-state index is 11.1. The van der Waals surface area contributed by atoms with Crippen molar-refractivity contribution in [2.75, 3.05) is 38.3 Å². The molecule has 0 saturated carbocycles. The van der Waals surface area contributed by atoms with E-state index < -0.39 is 9.84 Å². The molecule has 1 N–H and O–H groups in total. The highest BCUT2D eigenvalue weighted by atomic mass is 35.5. The summed E-state index contributed by atoms with van der Waals surface area (Å²) in [5.41, 5.74) is 0. The van der Waals surface area contributed by atoms with Crippen LogP contribution in [0.3, 0.4) is 0 Å². The number of rotatable bonds is 9. The van der Waals surface area contributed by atoms with Crippen LogP contribution >= 0.6 is 11.6 Å². The van der Waals surface area contributed by atoms with E-state index in [1.165, 1.54) is 0 Å². The van der Waals surface area contributed by atoms with Crippen molar-refractivity contribution in [2.24, 2.45) is 0 Å². The van der Waals surface area contributed by atoms with Gasteiger partial charge < -0.3 is 10.1 Å². The van der Waals surface area contributed by atoms with E-state index in [1.807, 2.05) is 0 Å². The summed E-state index contributed by atoms with van der Waals surface area (Å²) in [6.07, 6.45) is 0.779. The average molecular weight is 258 g/mol. The van der Waals surface area contributed by atoms with Crippen LogP contribution in [-0.2, 0) is 14.6 Å². The van der Waals surface area contributed by atoms with Crippen molar-refractivity contribution in [3.05, 3.63) is 0 Å². The lowest BCUT2D eigenvalue weighted by Crippen LogP contribution is -2.26. The van der Waals surface area contributed by atoms with Gasteiger partial charge in [-0.25, -0.2) is 8.42 Å². The first kappa shape index (κ1) is 15.2. The van der Waals surface area contributed by atoms with Crippen LogP contribution in [0, 0.1) is 0 Å². The number of sulfone groups is 1. The monoisotopic (exact) mass is 257 g/mol. The fourth-order valence-corrected chi connectivity index (χ4v) is 2.00. The zero-order valence-corrected chi connectivity index (χ0v) is 10.9. The summed E-state index contributed by atoms with van der Waals surface area (Å²) < 4.78 is 27.1. The van der Waals surface area contributed by atoms with Gasteiger partial charge in [0.1, 0.15) is 0 Å². The molecule has 6 heteroatoms. The fraction of sp³-hybridized carbons (Fsp3) is 1.00. The van der Waals surface area contributed by atoms with E-state index in [-0.39, 0.29) is 16.9 Å². The minimum absolute atomic E-state index is 0.00900. The SMILES string of the molecule is CCS(=O)(=O)CCNCCC(Cl)COC. The number of halogens is 1. The number of hydrogen-bond donors (Lipinski definition) is 1. The van der Waals surface area contributed by atoms with E-state index >= 15 is 0 Å². The maximum atomic E-state index is 11.1. The summed E-state index contributed by atoms with van der Waals surface area (Å²) in [5, 5.41) is 3.04. The van der Waals surface area contributed by atoms with Crippen molar-refractivity contribution in [1.82, 2.24) is 5.32 Å². The molecule has 0 amide bonds. The first-order valence-electron chi connectivity index (χ1n) is 5.06. The zero-order chi connectivity index (χ0) is 11.7. The minimum atomic E-state index is -2.85. The van der Waals surface area contributed by atoms with Gasteiger partial charge in [-0.15, -0.1) is 11.6 Å². The summed E-state index contributed by atoms with van der Waals surface area (Å²) in [6, 6.07) is 0. The molecule has 92 valence electrons. The van der Waals surface area contributed by atoms with Gasteiger partial charge >= 0.3 is 0 Å². The summed E-state index contributed by atoms with van der Waals surface area (Å²) in [4.78, 5) is 0. The van der Waals surface area contributed by atoms with Gasteiger partial charge in [-0.3, -0.25) is 0 Å². The average Bonchev–Trinajstić information content (AvgIpc) is 2.17. The Morgan fingerprint density at radius 1 is 1.40 bits per heavy atom. The molecule has 0 aliphatic heterocycles. The van der Waals surface area contributed by atoms with Crippen LogP contribution in [0.1, 0.15) is 13.3 Å². The molecule has 0 aromatic heterocycles. The van der Waals surface area contributed by atoms with Gasteiger partial charge in [0, 0.05) is 19.4 Å². The van der Waals surface area contributed by atoms with Crippen LogP contribution in [0.5, 0.6) is 0 Å². The molecule has 0 rings (SSSR count). The Hall–Kier alpha value is 0.160. The van der Waals surface area contributed by atoms with Crippen molar-refractivity contribution < 1.29 is 13.2 Å². The third kappa shape index (κ3) is 9.11. The van der Waals surface area contributed by atoms with Gasteiger partial charge in [-0.2, -0.15) is 0 Å². The lowest BCUT2D eigenvalue weighted by Gasteiger charge is -2.08. The van der Waals surface area contributed by atoms with Gasteiger partial charge in [0.2, 0.25) is 0 Å². The molecule has 0 fully saturated rings. The lowest BCUT2D eigenvalue weighted by atomic mass is 10.3. The van der Waals surface area contributed by atoms with Crippen molar-refractivity contribution >= 4 is 21.4 Å². The molecule has 0 bridgehead atoms. The molecule has 0 heterocycles. The number of methoxy groups -OCH3 is 1. The van der Waals surface area contributed by atoms with Gasteiger partial charge in [-0.05, 0) is 13.0 Å².